The summed E-state index contributed by atoms with van der Waals surface area (Å²) in [5.74, 6) is 0. The molecule has 89 valence electrons. The Labute approximate surface area is 106 Å². The van der Waals surface area contributed by atoms with Gasteiger partial charge in [-0.2, -0.15) is 0 Å². The highest BCUT2D eigenvalue weighted by Gasteiger charge is 2.61. The lowest BCUT2D eigenvalue weighted by Crippen LogP contribution is -2.85. The van der Waals surface area contributed by atoms with Crippen LogP contribution in [0.25, 0.3) is 0 Å². The summed E-state index contributed by atoms with van der Waals surface area (Å²) in [5.41, 5.74) is 0. The maximum atomic E-state index is 6.42. The highest BCUT2D eigenvalue weighted by atomic mass is 35.5. The summed E-state index contributed by atoms with van der Waals surface area (Å²) in [5, 5.41) is 0. The van der Waals surface area contributed by atoms with Gasteiger partial charge in [0.05, 0.1) is 0 Å². The topological polar surface area (TPSA) is 0 Å². The fourth-order valence-electron chi connectivity index (χ4n) is 3.87. The number of hydrogen-bond acceptors (Lipinski definition) is 0. The van der Waals surface area contributed by atoms with E-state index >= 15 is 0 Å². The molecule has 15 heavy (non-hydrogen) atoms. The summed E-state index contributed by atoms with van der Waals surface area (Å²) in [6, 6.07) is 0. The number of rotatable bonds is 4. The van der Waals surface area contributed by atoms with E-state index in [0.717, 1.165) is 0 Å². The first kappa shape index (κ1) is 16.2. The van der Waals surface area contributed by atoms with Crippen molar-refractivity contribution in [3.63, 3.8) is 0 Å². The van der Waals surface area contributed by atoms with Gasteiger partial charge in [0.1, 0.15) is 0 Å². The van der Waals surface area contributed by atoms with E-state index in [4.69, 9.17) is 11.5 Å². The van der Waals surface area contributed by atoms with Crippen molar-refractivity contribution in [1.82, 2.24) is 0 Å². The van der Waals surface area contributed by atoms with Crippen LogP contribution in [-0.4, -0.2) is 35.6 Å². The van der Waals surface area contributed by atoms with Crippen LogP contribution in [0.5, 0.6) is 0 Å². The molecular weight excluding hydrogens is 267 g/mol. The lowest BCUT2D eigenvalue weighted by Gasteiger charge is -2.56. The van der Waals surface area contributed by atoms with E-state index in [0.29, 0.717) is 0 Å². The van der Waals surface area contributed by atoms with Gasteiger partial charge in [0.15, 0.2) is 0 Å². The van der Waals surface area contributed by atoms with Crippen LogP contribution in [0.1, 0.15) is 0 Å². The molecule has 0 atom stereocenters. The first-order chi connectivity index (χ1) is 6.31. The van der Waals surface area contributed by atoms with Crippen molar-refractivity contribution >= 4 is 47.0 Å². The number of hydrogen-bond donors (Lipinski definition) is 0. The van der Waals surface area contributed by atoms with Gasteiger partial charge in [0.2, 0.25) is 6.29 Å². The van der Waals surface area contributed by atoms with Crippen molar-refractivity contribution in [1.29, 1.82) is 0 Å². The quantitative estimate of drug-likeness (QED) is 0.686. The summed E-state index contributed by atoms with van der Waals surface area (Å²) in [7, 11) is -3.40. The molecule has 0 unspecified atom stereocenters. The van der Waals surface area contributed by atoms with Gasteiger partial charge in [-0.3, -0.25) is 0 Å². The Bertz CT molecular complexity index is 188. The highest BCUT2D eigenvalue weighted by molar-refractivity contribution is 8.04. The molecule has 0 aromatic heterocycles. The van der Waals surface area contributed by atoms with E-state index in [2.05, 4.69) is 65.2 Å². The van der Waals surface area contributed by atoms with Gasteiger partial charge in [0.25, 0.3) is 0 Å². The van der Waals surface area contributed by atoms with Crippen LogP contribution in [0.3, 0.4) is 0 Å². The molecule has 0 fully saturated rings. The van der Waals surface area contributed by atoms with E-state index in [-0.39, 0.29) is 0 Å². The fraction of sp³-hybridized carbons (Fsp3) is 1.00. The third-order valence-corrected chi connectivity index (χ3v) is 76.9. The molecular formula is C9H27BClSi4. The second kappa shape index (κ2) is 4.48. The second-order valence-corrected chi connectivity index (χ2v) is 48.8. The number of halogens is 1. The Morgan fingerprint density at radius 2 is 0.800 bits per heavy atom. The van der Waals surface area contributed by atoms with Gasteiger partial charge in [-0.25, -0.2) is 11.5 Å². The van der Waals surface area contributed by atoms with Crippen molar-refractivity contribution < 1.29 is 0 Å². The molecule has 0 aromatic carbocycles. The molecule has 0 rings (SSSR count). The Morgan fingerprint density at radius 3 is 0.800 bits per heavy atom. The van der Waals surface area contributed by atoms with Gasteiger partial charge < -0.3 is 0 Å². The maximum absolute atomic E-state index is 6.42. The average Bonchev–Trinajstić information content (AvgIpc) is 1.76. The summed E-state index contributed by atoms with van der Waals surface area (Å²) in [6.07, 6.45) is 2.23. The standard InChI is InChI=1S/C9H27BClSi4/c1-12(2,3)15(10-11,13(4,5)6)14(7,8)9/h1-9H3. The molecule has 0 nitrogen and oxygen atoms in total. The van der Waals surface area contributed by atoms with E-state index < -0.39 is 29.3 Å². The zero-order valence-electron chi connectivity index (χ0n) is 12.0. The lowest BCUT2D eigenvalue weighted by atomic mass is 10.7. The van der Waals surface area contributed by atoms with Crippen molar-refractivity contribution in [2.75, 3.05) is 0 Å². The van der Waals surface area contributed by atoms with Crippen LogP contribution in [-0.2, 0) is 0 Å². The summed E-state index contributed by atoms with van der Waals surface area (Å²) in [6.45, 7) is 21.6. The Kier molecular flexibility index (Phi) is 4.84. The fourth-order valence-corrected chi connectivity index (χ4v) is 104. The van der Waals surface area contributed by atoms with Crippen molar-refractivity contribution in [3.8, 4) is 0 Å². The third-order valence-electron chi connectivity index (χ3n) is 3.71. The summed E-state index contributed by atoms with van der Waals surface area (Å²) < 4.78 is 0. The molecule has 1 radical (unpaired) electrons. The summed E-state index contributed by atoms with van der Waals surface area (Å²) >= 11 is 6.42. The molecule has 0 bridgehead atoms. The Balaban J connectivity index is 5.78. The Morgan fingerprint density at radius 1 is 0.600 bits per heavy atom. The molecule has 0 heterocycles. The molecule has 0 N–H and O–H groups in total. The molecule has 0 saturated heterocycles. The molecule has 0 saturated carbocycles. The Hall–Kier alpha value is 1.22. The van der Waals surface area contributed by atoms with E-state index in [1.54, 1.807) is 0 Å². The third kappa shape index (κ3) is 2.73. The normalized spacial score (nSPS) is 15.3. The van der Waals surface area contributed by atoms with Gasteiger partial charge in [0, 0.05) is 29.3 Å². The van der Waals surface area contributed by atoms with Crippen LogP contribution >= 0.6 is 11.5 Å². The van der Waals surface area contributed by atoms with Crippen LogP contribution in [0.2, 0.25) is 58.9 Å². The predicted octanol–water partition coefficient (Wildman–Crippen LogP) is 4.04. The highest BCUT2D eigenvalue weighted by Crippen LogP contribution is 2.36. The van der Waals surface area contributed by atoms with Crippen LogP contribution in [0.4, 0.5) is 0 Å². The molecule has 0 amide bonds. The van der Waals surface area contributed by atoms with E-state index in [1.165, 1.54) is 0 Å². The van der Waals surface area contributed by atoms with Crippen LogP contribution in [0.15, 0.2) is 0 Å². The zero-order chi connectivity index (χ0) is 12.7. The predicted molar refractivity (Wildman–Crippen MR) is 87.4 cm³/mol. The molecule has 0 aliphatic rings. The van der Waals surface area contributed by atoms with Crippen molar-refractivity contribution in [2.24, 2.45) is 0 Å². The zero-order valence-corrected chi connectivity index (χ0v) is 16.7. The van der Waals surface area contributed by atoms with Crippen molar-refractivity contribution in [3.05, 3.63) is 0 Å². The average molecular weight is 294 g/mol. The molecule has 6 heteroatoms. The molecule has 0 aliphatic heterocycles. The first-order valence-electron chi connectivity index (χ1n) is 5.76. The molecule has 0 aliphatic carbocycles. The van der Waals surface area contributed by atoms with Gasteiger partial charge >= 0.3 is 0 Å². The van der Waals surface area contributed by atoms with E-state index in [1.807, 2.05) is 0 Å². The van der Waals surface area contributed by atoms with Crippen LogP contribution < -0.4 is 0 Å². The minimum atomic E-state index is -1.32. The lowest BCUT2D eigenvalue weighted by molar-refractivity contribution is 1.76. The summed E-state index contributed by atoms with van der Waals surface area (Å²) in [4.78, 5) is 0. The minimum absolute atomic E-state index is 1.13. The SMILES string of the molecule is C[Si](C)(C)[Si]([B]Cl)([Si](C)(C)C)[Si](C)(C)C. The molecule has 0 spiro atoms. The maximum Gasteiger partial charge on any atom is 0.220 e. The van der Waals surface area contributed by atoms with Gasteiger partial charge in [-0.05, 0) is 0 Å². The first-order valence-corrected chi connectivity index (χ1v) is 21.8. The van der Waals surface area contributed by atoms with Crippen molar-refractivity contribution in [2.45, 2.75) is 58.9 Å². The molecule has 0 aromatic rings. The van der Waals surface area contributed by atoms with Gasteiger partial charge in [-0.15, -0.1) is 0 Å². The monoisotopic (exact) mass is 293 g/mol. The second-order valence-electron chi connectivity index (χ2n) is 7.67. The van der Waals surface area contributed by atoms with Crippen LogP contribution in [0, 0.1) is 0 Å². The smallest absolute Gasteiger partial charge is 0.209 e. The van der Waals surface area contributed by atoms with E-state index in [9.17, 15) is 0 Å². The van der Waals surface area contributed by atoms with Gasteiger partial charge in [-0.1, -0.05) is 58.9 Å². The largest absolute Gasteiger partial charge is 0.220 e. The minimum Gasteiger partial charge on any atom is -0.209 e.